The van der Waals surface area contributed by atoms with Crippen molar-refractivity contribution < 1.29 is 13.2 Å². The van der Waals surface area contributed by atoms with Gasteiger partial charge in [0.15, 0.2) is 0 Å². The van der Waals surface area contributed by atoms with E-state index in [9.17, 15) is 8.42 Å². The van der Waals surface area contributed by atoms with Gasteiger partial charge >= 0.3 is 0 Å². The Hall–Kier alpha value is -0.580. The van der Waals surface area contributed by atoms with Crippen LogP contribution in [-0.2, 0) is 13.8 Å². The largest absolute Gasteiger partial charge is 0.373 e. The Labute approximate surface area is 126 Å². The summed E-state index contributed by atoms with van der Waals surface area (Å²) in [4.78, 5) is 0.120. The van der Waals surface area contributed by atoms with E-state index in [2.05, 4.69) is 27.7 Å². The first kappa shape index (κ1) is 17.5. The second kappa shape index (κ2) is 7.43. The number of ether oxygens (including phenoxy) is 1. The molecule has 0 aromatic heterocycles. The van der Waals surface area contributed by atoms with Crippen LogP contribution in [0.3, 0.4) is 0 Å². The number of benzene rings is 1. The van der Waals surface area contributed by atoms with Gasteiger partial charge in [0.2, 0.25) is 0 Å². The molecule has 5 heteroatoms. The molecule has 0 spiro atoms. The molecule has 0 saturated heterocycles. The molecule has 1 aromatic rings. The van der Waals surface area contributed by atoms with Crippen LogP contribution in [0.4, 0.5) is 0 Å². The van der Waals surface area contributed by atoms with E-state index in [1.807, 2.05) is 0 Å². The molecule has 0 radical (unpaired) electrons. The molecule has 0 saturated carbocycles. The van der Waals surface area contributed by atoms with Crippen molar-refractivity contribution >= 4 is 19.7 Å². The lowest BCUT2D eigenvalue weighted by Crippen LogP contribution is -2.11. The Balaban J connectivity index is 2.90. The van der Waals surface area contributed by atoms with Crippen LogP contribution in [0.15, 0.2) is 29.2 Å². The second-order valence-corrected chi connectivity index (χ2v) is 8.42. The van der Waals surface area contributed by atoms with Crippen molar-refractivity contribution in [3.8, 4) is 0 Å². The molecule has 0 aliphatic carbocycles. The van der Waals surface area contributed by atoms with Crippen molar-refractivity contribution in [2.24, 2.45) is 11.8 Å². The van der Waals surface area contributed by atoms with E-state index in [-0.39, 0.29) is 11.0 Å². The van der Waals surface area contributed by atoms with Gasteiger partial charge in [0.25, 0.3) is 9.05 Å². The molecule has 3 nitrogen and oxygen atoms in total. The summed E-state index contributed by atoms with van der Waals surface area (Å²) in [5, 5.41) is 0. The normalized spacial score (nSPS) is 13.9. The van der Waals surface area contributed by atoms with E-state index in [0.29, 0.717) is 18.4 Å². The summed E-state index contributed by atoms with van der Waals surface area (Å²) in [7, 11) is 1.66. The van der Waals surface area contributed by atoms with Crippen LogP contribution in [0, 0.1) is 11.8 Å². The number of halogens is 1. The van der Waals surface area contributed by atoms with E-state index in [1.54, 1.807) is 12.1 Å². The maximum atomic E-state index is 11.2. The minimum Gasteiger partial charge on any atom is -0.373 e. The quantitative estimate of drug-likeness (QED) is 0.701. The van der Waals surface area contributed by atoms with Gasteiger partial charge in [0, 0.05) is 17.3 Å². The zero-order valence-electron chi connectivity index (χ0n) is 12.5. The van der Waals surface area contributed by atoms with Crippen LogP contribution < -0.4 is 0 Å². The van der Waals surface area contributed by atoms with Crippen LogP contribution in [0.2, 0.25) is 0 Å². The van der Waals surface area contributed by atoms with E-state index < -0.39 is 9.05 Å². The summed E-state index contributed by atoms with van der Waals surface area (Å²) in [6.45, 7) is 9.19. The topological polar surface area (TPSA) is 43.4 Å². The van der Waals surface area contributed by atoms with Crippen molar-refractivity contribution in [2.45, 2.75) is 45.1 Å². The van der Waals surface area contributed by atoms with Gasteiger partial charge in [-0.3, -0.25) is 0 Å². The maximum absolute atomic E-state index is 11.2. The Morgan fingerprint density at radius 2 is 1.60 bits per heavy atom. The van der Waals surface area contributed by atoms with Crippen molar-refractivity contribution in [2.75, 3.05) is 6.61 Å². The molecule has 114 valence electrons. The molecule has 0 bridgehead atoms. The van der Waals surface area contributed by atoms with Crippen molar-refractivity contribution in [1.82, 2.24) is 0 Å². The maximum Gasteiger partial charge on any atom is 0.261 e. The van der Waals surface area contributed by atoms with E-state index in [0.717, 1.165) is 12.0 Å². The van der Waals surface area contributed by atoms with E-state index >= 15 is 0 Å². The fourth-order valence-corrected chi connectivity index (χ4v) is 2.65. The minimum absolute atomic E-state index is 0.00974. The first-order valence-corrected chi connectivity index (χ1v) is 9.17. The highest BCUT2D eigenvalue weighted by atomic mass is 35.7. The minimum atomic E-state index is -3.66. The van der Waals surface area contributed by atoms with Crippen LogP contribution in [0.25, 0.3) is 0 Å². The highest BCUT2D eigenvalue weighted by Gasteiger charge is 2.16. The predicted octanol–water partition coefficient (Wildman–Crippen LogP) is 4.37. The molecule has 1 atom stereocenters. The molecule has 0 amide bonds. The molecule has 0 N–H and O–H groups in total. The molecular formula is C15H23ClO3S. The monoisotopic (exact) mass is 318 g/mol. The molecule has 1 aromatic carbocycles. The van der Waals surface area contributed by atoms with Crippen LogP contribution in [0.5, 0.6) is 0 Å². The predicted molar refractivity (Wildman–Crippen MR) is 82.5 cm³/mol. The molecule has 0 aliphatic heterocycles. The lowest BCUT2D eigenvalue weighted by atomic mass is 9.99. The Bertz CT molecular complexity index is 506. The molecule has 20 heavy (non-hydrogen) atoms. The molecular weight excluding hydrogens is 296 g/mol. The van der Waals surface area contributed by atoms with Crippen LogP contribution >= 0.6 is 10.7 Å². The lowest BCUT2D eigenvalue weighted by molar-refractivity contribution is 0.0220. The number of hydrogen-bond acceptors (Lipinski definition) is 3. The first-order chi connectivity index (χ1) is 9.20. The SMILES string of the molecule is CC(C)CO[C@@H](CC(C)C)c1ccc(S(=O)(=O)Cl)cc1. The highest BCUT2D eigenvalue weighted by Crippen LogP contribution is 2.27. The van der Waals surface area contributed by atoms with Gasteiger partial charge in [-0.15, -0.1) is 0 Å². The summed E-state index contributed by atoms with van der Waals surface area (Å²) in [6, 6.07) is 6.62. The lowest BCUT2D eigenvalue weighted by Gasteiger charge is -2.21. The van der Waals surface area contributed by atoms with Crippen LogP contribution in [-0.4, -0.2) is 15.0 Å². The smallest absolute Gasteiger partial charge is 0.261 e. The summed E-state index contributed by atoms with van der Waals surface area (Å²) >= 11 is 0. The molecule has 0 heterocycles. The summed E-state index contributed by atoms with van der Waals surface area (Å²) < 4.78 is 28.4. The Kier molecular flexibility index (Phi) is 6.49. The van der Waals surface area contributed by atoms with Crippen molar-refractivity contribution in [1.29, 1.82) is 0 Å². The van der Waals surface area contributed by atoms with Gasteiger partial charge in [-0.05, 0) is 36.0 Å². The average molecular weight is 319 g/mol. The van der Waals surface area contributed by atoms with Gasteiger partial charge < -0.3 is 4.74 Å². The van der Waals surface area contributed by atoms with Gasteiger partial charge in [-0.1, -0.05) is 39.8 Å². The van der Waals surface area contributed by atoms with Gasteiger partial charge in [0.1, 0.15) is 0 Å². The molecule has 0 aliphatic rings. The van der Waals surface area contributed by atoms with E-state index in [1.165, 1.54) is 12.1 Å². The third-order valence-corrected chi connectivity index (χ3v) is 4.22. The van der Waals surface area contributed by atoms with Crippen molar-refractivity contribution in [3.63, 3.8) is 0 Å². The van der Waals surface area contributed by atoms with Gasteiger partial charge in [0.05, 0.1) is 11.0 Å². The Morgan fingerprint density at radius 3 is 2.00 bits per heavy atom. The number of hydrogen-bond donors (Lipinski definition) is 0. The van der Waals surface area contributed by atoms with E-state index in [4.69, 9.17) is 15.4 Å². The first-order valence-electron chi connectivity index (χ1n) is 6.86. The Morgan fingerprint density at radius 1 is 1.05 bits per heavy atom. The number of rotatable bonds is 7. The molecule has 0 unspecified atom stereocenters. The summed E-state index contributed by atoms with van der Waals surface area (Å²) in [5.41, 5.74) is 0.989. The highest BCUT2D eigenvalue weighted by molar-refractivity contribution is 8.13. The zero-order valence-corrected chi connectivity index (χ0v) is 14.0. The fourth-order valence-electron chi connectivity index (χ4n) is 1.88. The van der Waals surface area contributed by atoms with Crippen LogP contribution in [0.1, 0.15) is 45.8 Å². The molecule has 1 rings (SSSR count). The second-order valence-electron chi connectivity index (χ2n) is 5.85. The summed E-state index contributed by atoms with van der Waals surface area (Å²) in [5.74, 6) is 0.968. The molecule has 0 fully saturated rings. The average Bonchev–Trinajstić information content (AvgIpc) is 2.33. The standard InChI is InChI=1S/C15H23ClO3S/c1-11(2)9-15(19-10-12(3)4)13-5-7-14(8-6-13)20(16,17)18/h5-8,11-12,15H,9-10H2,1-4H3/t15-/m0/s1. The third kappa shape index (κ3) is 5.81. The third-order valence-electron chi connectivity index (χ3n) is 2.85. The fraction of sp³-hybridized carbons (Fsp3) is 0.600. The summed E-state index contributed by atoms with van der Waals surface area (Å²) in [6.07, 6.45) is 0.893. The van der Waals surface area contributed by atoms with Gasteiger partial charge in [-0.25, -0.2) is 8.42 Å². The zero-order chi connectivity index (χ0) is 15.3. The van der Waals surface area contributed by atoms with Gasteiger partial charge in [-0.2, -0.15) is 0 Å². The van der Waals surface area contributed by atoms with Crippen molar-refractivity contribution in [3.05, 3.63) is 29.8 Å².